The fourth-order valence-electron chi connectivity index (χ4n) is 3.29. The van der Waals surface area contributed by atoms with Crippen LogP contribution >= 0.6 is 11.3 Å². The molecule has 178 valence electrons. The van der Waals surface area contributed by atoms with Crippen molar-refractivity contribution in [3.8, 4) is 16.2 Å². The summed E-state index contributed by atoms with van der Waals surface area (Å²) < 4.78 is 14.7. The minimum Gasteiger partial charge on any atom is -0.494 e. The molecule has 0 fully saturated rings. The number of benzene rings is 1. The van der Waals surface area contributed by atoms with E-state index in [2.05, 4.69) is 68.5 Å². The predicted octanol–water partition coefficient (Wildman–Crippen LogP) is 5.96. The van der Waals surface area contributed by atoms with Gasteiger partial charge in [-0.05, 0) is 60.1 Å². The Balaban J connectivity index is 1.61. The third-order valence-corrected chi connectivity index (χ3v) is 11.6. The van der Waals surface area contributed by atoms with Crippen molar-refractivity contribution in [3.05, 3.63) is 60.0 Å². The Labute approximate surface area is 201 Å². The lowest BCUT2D eigenvalue weighted by molar-refractivity contribution is 0.0995. The number of nitrogens with two attached hydrogens (primary N) is 1. The highest BCUT2D eigenvalue weighted by molar-refractivity contribution is 7.13. The van der Waals surface area contributed by atoms with Crippen molar-refractivity contribution < 1.29 is 14.0 Å². The molecule has 0 radical (unpaired) electrons. The molecule has 3 aromatic rings. The second kappa shape index (κ2) is 10.7. The first-order valence-corrected chi connectivity index (χ1v) is 15.1. The van der Waals surface area contributed by atoms with Gasteiger partial charge in [-0.1, -0.05) is 39.0 Å². The standard InChI is InChI=1S/C25H35N3O3SSi/c1-25(2,3)33(4,5)31-21(16-28-17-22(24(26)29)27-18-28)11-7-13-30-20-10-6-9-19(15-20)23-12-8-14-32-23/h6,8-10,12,14-15,17-18,21H,7,11,13,16H2,1-5H3,(H2,26,29). The molecule has 0 aliphatic heterocycles. The summed E-state index contributed by atoms with van der Waals surface area (Å²) in [5, 5.41) is 2.19. The van der Waals surface area contributed by atoms with Gasteiger partial charge in [0.05, 0.1) is 19.0 Å². The Kier molecular flexibility index (Phi) is 8.15. The van der Waals surface area contributed by atoms with Crippen molar-refractivity contribution >= 4 is 25.6 Å². The molecule has 8 heteroatoms. The average Bonchev–Trinajstić information content (AvgIpc) is 3.42. The minimum absolute atomic E-state index is 0.00173. The van der Waals surface area contributed by atoms with Crippen molar-refractivity contribution in [1.82, 2.24) is 9.55 Å². The van der Waals surface area contributed by atoms with Gasteiger partial charge in [0.25, 0.3) is 5.91 Å². The first-order chi connectivity index (χ1) is 15.5. The number of rotatable bonds is 11. The molecule has 0 saturated carbocycles. The van der Waals surface area contributed by atoms with Gasteiger partial charge in [-0.2, -0.15) is 0 Å². The quantitative estimate of drug-likeness (QED) is 0.268. The van der Waals surface area contributed by atoms with E-state index in [0.717, 1.165) is 18.6 Å². The number of thiophene rings is 1. The molecular formula is C25H35N3O3SSi. The second-order valence-corrected chi connectivity index (χ2v) is 15.5. The number of primary amides is 1. The summed E-state index contributed by atoms with van der Waals surface area (Å²) in [6.45, 7) is 12.5. The summed E-state index contributed by atoms with van der Waals surface area (Å²) >= 11 is 1.72. The first-order valence-electron chi connectivity index (χ1n) is 11.3. The summed E-state index contributed by atoms with van der Waals surface area (Å²) in [5.41, 5.74) is 6.80. The summed E-state index contributed by atoms with van der Waals surface area (Å²) in [4.78, 5) is 16.7. The van der Waals surface area contributed by atoms with Crippen LogP contribution in [0.15, 0.2) is 54.3 Å². The smallest absolute Gasteiger partial charge is 0.268 e. The van der Waals surface area contributed by atoms with Crippen LogP contribution in [0.2, 0.25) is 18.1 Å². The number of aromatic nitrogens is 2. The van der Waals surface area contributed by atoms with E-state index in [4.69, 9.17) is 14.9 Å². The molecule has 6 nitrogen and oxygen atoms in total. The van der Waals surface area contributed by atoms with E-state index in [0.29, 0.717) is 13.2 Å². The second-order valence-electron chi connectivity index (χ2n) is 9.82. The fraction of sp³-hybridized carbons (Fsp3) is 0.440. The van der Waals surface area contributed by atoms with Gasteiger partial charge < -0.3 is 19.5 Å². The van der Waals surface area contributed by atoms with E-state index in [1.165, 1.54) is 10.4 Å². The van der Waals surface area contributed by atoms with E-state index in [-0.39, 0.29) is 16.8 Å². The van der Waals surface area contributed by atoms with Crippen LogP contribution in [0.25, 0.3) is 10.4 Å². The Bertz CT molecular complexity index is 1040. The zero-order valence-corrected chi connectivity index (χ0v) is 22.0. The van der Waals surface area contributed by atoms with Crippen LogP contribution in [0.3, 0.4) is 0 Å². The van der Waals surface area contributed by atoms with Crippen LogP contribution in [0, 0.1) is 0 Å². The highest BCUT2D eigenvalue weighted by Gasteiger charge is 2.39. The Hall–Kier alpha value is -2.42. The van der Waals surface area contributed by atoms with Crippen LogP contribution in [0.4, 0.5) is 0 Å². The highest BCUT2D eigenvalue weighted by atomic mass is 32.1. The first kappa shape index (κ1) is 25.2. The van der Waals surface area contributed by atoms with E-state index in [1.807, 2.05) is 16.7 Å². The highest BCUT2D eigenvalue weighted by Crippen LogP contribution is 2.38. The van der Waals surface area contributed by atoms with Gasteiger partial charge in [0.15, 0.2) is 8.32 Å². The number of carbonyl (C=O) groups excluding carboxylic acids is 1. The molecule has 0 saturated heterocycles. The van der Waals surface area contributed by atoms with Gasteiger partial charge in [-0.25, -0.2) is 4.98 Å². The van der Waals surface area contributed by atoms with Crippen molar-refractivity contribution in [1.29, 1.82) is 0 Å². The van der Waals surface area contributed by atoms with Crippen molar-refractivity contribution in [2.24, 2.45) is 5.73 Å². The predicted molar refractivity (Wildman–Crippen MR) is 137 cm³/mol. The molecule has 2 N–H and O–H groups in total. The minimum atomic E-state index is -1.96. The van der Waals surface area contributed by atoms with Crippen molar-refractivity contribution in [2.45, 2.75) is 64.4 Å². The third kappa shape index (κ3) is 7.03. The number of ether oxygens (including phenoxy) is 1. The molecule has 3 rings (SSSR count). The maximum absolute atomic E-state index is 11.4. The average molecular weight is 486 g/mol. The SMILES string of the molecule is CC(C)(C)[Si](C)(C)OC(CCCOc1cccc(-c2cccs2)c1)Cn1cnc(C(N)=O)c1. The van der Waals surface area contributed by atoms with E-state index in [1.54, 1.807) is 23.9 Å². The molecule has 2 heterocycles. The molecule has 33 heavy (non-hydrogen) atoms. The maximum atomic E-state index is 11.4. The molecule has 0 bridgehead atoms. The van der Waals surface area contributed by atoms with E-state index >= 15 is 0 Å². The molecule has 1 aromatic carbocycles. The van der Waals surface area contributed by atoms with Crippen LogP contribution < -0.4 is 10.5 Å². The number of hydrogen-bond donors (Lipinski definition) is 1. The zero-order valence-electron chi connectivity index (χ0n) is 20.2. The third-order valence-electron chi connectivity index (χ3n) is 6.15. The monoisotopic (exact) mass is 485 g/mol. The van der Waals surface area contributed by atoms with Crippen LogP contribution in [-0.4, -0.2) is 36.5 Å². The van der Waals surface area contributed by atoms with E-state index < -0.39 is 14.2 Å². The van der Waals surface area contributed by atoms with Crippen molar-refractivity contribution in [3.63, 3.8) is 0 Å². The maximum Gasteiger partial charge on any atom is 0.268 e. The summed E-state index contributed by atoms with van der Waals surface area (Å²) in [5.74, 6) is 0.359. The normalized spacial score (nSPS) is 13.1. The lowest BCUT2D eigenvalue weighted by atomic mass is 10.2. The van der Waals surface area contributed by atoms with Gasteiger partial charge in [-0.15, -0.1) is 11.3 Å². The Morgan fingerprint density at radius 1 is 1.24 bits per heavy atom. The summed E-state index contributed by atoms with van der Waals surface area (Å²) in [7, 11) is -1.96. The fourth-order valence-corrected chi connectivity index (χ4v) is 5.39. The number of carbonyl (C=O) groups is 1. The Morgan fingerprint density at radius 3 is 2.67 bits per heavy atom. The topological polar surface area (TPSA) is 79.4 Å². The van der Waals surface area contributed by atoms with Gasteiger partial charge in [-0.3, -0.25) is 4.79 Å². The lowest BCUT2D eigenvalue weighted by Crippen LogP contribution is -2.45. The van der Waals surface area contributed by atoms with Gasteiger partial charge in [0.1, 0.15) is 11.4 Å². The molecule has 0 aliphatic carbocycles. The number of amides is 1. The van der Waals surface area contributed by atoms with Gasteiger partial charge >= 0.3 is 0 Å². The summed E-state index contributed by atoms with van der Waals surface area (Å²) in [6.07, 6.45) is 5.05. The van der Waals surface area contributed by atoms with Crippen molar-refractivity contribution in [2.75, 3.05) is 6.61 Å². The molecular weight excluding hydrogens is 450 g/mol. The lowest BCUT2D eigenvalue weighted by Gasteiger charge is -2.39. The molecule has 0 aliphatic rings. The number of imidazole rings is 1. The zero-order chi connectivity index (χ0) is 24.1. The van der Waals surface area contributed by atoms with Crippen LogP contribution in [-0.2, 0) is 11.0 Å². The molecule has 0 spiro atoms. The molecule has 2 aromatic heterocycles. The largest absolute Gasteiger partial charge is 0.494 e. The van der Waals surface area contributed by atoms with Gasteiger partial charge in [0.2, 0.25) is 0 Å². The van der Waals surface area contributed by atoms with Crippen LogP contribution in [0.5, 0.6) is 5.75 Å². The molecule has 1 unspecified atom stereocenters. The Morgan fingerprint density at radius 2 is 2.03 bits per heavy atom. The molecule has 1 amide bonds. The van der Waals surface area contributed by atoms with Gasteiger partial charge in [0, 0.05) is 17.6 Å². The van der Waals surface area contributed by atoms with Crippen LogP contribution in [0.1, 0.15) is 44.1 Å². The summed E-state index contributed by atoms with van der Waals surface area (Å²) in [6, 6.07) is 12.4. The number of nitrogens with zero attached hydrogens (tertiary/aromatic N) is 2. The molecule has 1 atom stereocenters. The van der Waals surface area contributed by atoms with E-state index in [9.17, 15) is 4.79 Å². The number of hydrogen-bond acceptors (Lipinski definition) is 5.